The number of nitrogens with one attached hydrogen (secondary N) is 2. The van der Waals surface area contributed by atoms with E-state index >= 15 is 0 Å². The number of carbonyl (C=O) groups excluding carboxylic acids is 1. The number of sulfone groups is 1. The lowest BCUT2D eigenvalue weighted by Gasteiger charge is -2.19. The summed E-state index contributed by atoms with van der Waals surface area (Å²) in [4.78, 5) is 14.2. The van der Waals surface area contributed by atoms with E-state index in [0.717, 1.165) is 24.9 Å². The molecule has 0 bridgehead atoms. The SMILES string of the molecule is CN(CCCNC(=O)Nc1cccc(S(C)(=O)=O)c1)c1ccccc1. The quantitative estimate of drug-likeness (QED) is 0.743. The molecule has 2 N–H and O–H groups in total. The van der Waals surface area contributed by atoms with E-state index in [-0.39, 0.29) is 10.9 Å². The summed E-state index contributed by atoms with van der Waals surface area (Å²) in [6.07, 6.45) is 1.93. The molecule has 0 spiro atoms. The summed E-state index contributed by atoms with van der Waals surface area (Å²) in [5.74, 6) is 0. The van der Waals surface area contributed by atoms with Crippen LogP contribution in [0.15, 0.2) is 59.5 Å². The van der Waals surface area contributed by atoms with Crippen molar-refractivity contribution in [1.82, 2.24) is 5.32 Å². The fourth-order valence-corrected chi connectivity index (χ4v) is 2.98. The zero-order valence-corrected chi connectivity index (χ0v) is 15.2. The van der Waals surface area contributed by atoms with Crippen molar-refractivity contribution in [3.8, 4) is 0 Å². The van der Waals surface area contributed by atoms with E-state index in [1.54, 1.807) is 12.1 Å². The van der Waals surface area contributed by atoms with Gasteiger partial charge in [-0.05, 0) is 36.8 Å². The van der Waals surface area contributed by atoms with E-state index in [2.05, 4.69) is 15.5 Å². The van der Waals surface area contributed by atoms with Gasteiger partial charge in [-0.1, -0.05) is 24.3 Å². The Labute approximate surface area is 148 Å². The van der Waals surface area contributed by atoms with Gasteiger partial charge in [0.05, 0.1) is 4.90 Å². The topological polar surface area (TPSA) is 78.5 Å². The zero-order valence-electron chi connectivity index (χ0n) is 14.4. The Hall–Kier alpha value is -2.54. The number of hydrogen-bond donors (Lipinski definition) is 2. The van der Waals surface area contributed by atoms with Gasteiger partial charge in [-0.25, -0.2) is 13.2 Å². The number of carbonyl (C=O) groups is 1. The fourth-order valence-electron chi connectivity index (χ4n) is 2.31. The van der Waals surface area contributed by atoms with Gasteiger partial charge in [-0.2, -0.15) is 0 Å². The predicted molar refractivity (Wildman–Crippen MR) is 101 cm³/mol. The van der Waals surface area contributed by atoms with Crippen LogP contribution in [-0.2, 0) is 9.84 Å². The summed E-state index contributed by atoms with van der Waals surface area (Å²) >= 11 is 0. The number of amides is 2. The highest BCUT2D eigenvalue weighted by Crippen LogP contribution is 2.15. The van der Waals surface area contributed by atoms with Gasteiger partial charge in [0.1, 0.15) is 0 Å². The number of para-hydroxylation sites is 1. The third-order valence-corrected chi connectivity index (χ3v) is 4.78. The summed E-state index contributed by atoms with van der Waals surface area (Å²) in [5.41, 5.74) is 1.58. The lowest BCUT2D eigenvalue weighted by molar-refractivity contribution is 0.252. The molecule has 0 saturated carbocycles. The summed E-state index contributed by atoms with van der Waals surface area (Å²) in [6.45, 7) is 1.34. The summed E-state index contributed by atoms with van der Waals surface area (Å²) in [6, 6.07) is 15.9. The Bertz CT molecular complexity index is 807. The number of benzene rings is 2. The molecule has 0 heterocycles. The molecule has 7 heteroatoms. The molecule has 0 aromatic heterocycles. The highest BCUT2D eigenvalue weighted by atomic mass is 32.2. The first-order chi connectivity index (χ1) is 11.9. The first kappa shape index (κ1) is 18.8. The Morgan fingerprint density at radius 2 is 1.80 bits per heavy atom. The number of urea groups is 1. The minimum atomic E-state index is -3.30. The molecule has 2 amide bonds. The predicted octanol–water partition coefficient (Wildman–Crippen LogP) is 2.74. The van der Waals surface area contributed by atoms with Crippen LogP contribution < -0.4 is 15.5 Å². The van der Waals surface area contributed by atoms with E-state index in [1.807, 2.05) is 37.4 Å². The van der Waals surface area contributed by atoms with Crippen molar-refractivity contribution >= 4 is 27.2 Å². The Morgan fingerprint density at radius 1 is 1.08 bits per heavy atom. The molecule has 0 radical (unpaired) electrons. The molecular formula is C18H23N3O3S. The number of anilines is 2. The summed E-state index contributed by atoms with van der Waals surface area (Å²) < 4.78 is 23.1. The third kappa shape index (κ3) is 6.11. The van der Waals surface area contributed by atoms with Gasteiger partial charge in [0.2, 0.25) is 0 Å². The van der Waals surface area contributed by atoms with Crippen molar-refractivity contribution in [1.29, 1.82) is 0 Å². The lowest BCUT2D eigenvalue weighted by Crippen LogP contribution is -2.31. The van der Waals surface area contributed by atoms with E-state index in [1.165, 1.54) is 12.1 Å². The molecule has 2 rings (SSSR count). The maximum atomic E-state index is 11.9. The molecule has 0 atom stereocenters. The van der Waals surface area contributed by atoms with E-state index in [0.29, 0.717) is 12.2 Å². The minimum absolute atomic E-state index is 0.176. The van der Waals surface area contributed by atoms with Crippen LogP contribution in [0.3, 0.4) is 0 Å². The van der Waals surface area contributed by atoms with Crippen LogP contribution in [0.25, 0.3) is 0 Å². The highest BCUT2D eigenvalue weighted by Gasteiger charge is 2.08. The Morgan fingerprint density at radius 3 is 2.48 bits per heavy atom. The normalized spacial score (nSPS) is 11.0. The van der Waals surface area contributed by atoms with Crippen molar-refractivity contribution in [2.75, 3.05) is 36.6 Å². The molecule has 0 saturated heterocycles. The van der Waals surface area contributed by atoms with Gasteiger partial charge < -0.3 is 15.5 Å². The molecule has 2 aromatic carbocycles. The van der Waals surface area contributed by atoms with Crippen molar-refractivity contribution in [3.05, 3.63) is 54.6 Å². The number of hydrogen-bond acceptors (Lipinski definition) is 4. The molecule has 0 aliphatic heterocycles. The van der Waals surface area contributed by atoms with E-state index < -0.39 is 9.84 Å². The minimum Gasteiger partial charge on any atom is -0.375 e. The van der Waals surface area contributed by atoms with Crippen molar-refractivity contribution in [2.45, 2.75) is 11.3 Å². The van der Waals surface area contributed by atoms with Crippen LogP contribution in [0.4, 0.5) is 16.2 Å². The second-order valence-corrected chi connectivity index (χ2v) is 7.81. The van der Waals surface area contributed by atoms with Crippen LogP contribution in [-0.4, -0.2) is 40.8 Å². The number of nitrogens with zero attached hydrogens (tertiary/aromatic N) is 1. The van der Waals surface area contributed by atoms with E-state index in [4.69, 9.17) is 0 Å². The number of rotatable bonds is 7. The van der Waals surface area contributed by atoms with Crippen LogP contribution in [0.1, 0.15) is 6.42 Å². The standard InChI is InChI=1S/C18H23N3O3S/c1-21(16-9-4-3-5-10-16)13-7-12-19-18(22)20-15-8-6-11-17(14-15)25(2,23)24/h3-6,8-11,14H,7,12-13H2,1-2H3,(H2,19,20,22). The summed E-state index contributed by atoms with van der Waals surface area (Å²) in [5, 5.41) is 5.42. The largest absolute Gasteiger partial charge is 0.375 e. The van der Waals surface area contributed by atoms with Crippen LogP contribution in [0.2, 0.25) is 0 Å². The molecule has 0 aliphatic rings. The molecule has 134 valence electrons. The van der Waals surface area contributed by atoms with Gasteiger partial charge >= 0.3 is 6.03 Å². The zero-order chi connectivity index (χ0) is 18.3. The Kier molecular flexibility index (Phi) is 6.41. The van der Waals surface area contributed by atoms with Gasteiger partial charge in [-0.3, -0.25) is 0 Å². The maximum Gasteiger partial charge on any atom is 0.319 e. The first-order valence-corrected chi connectivity index (χ1v) is 9.86. The fraction of sp³-hybridized carbons (Fsp3) is 0.278. The van der Waals surface area contributed by atoms with Crippen LogP contribution in [0.5, 0.6) is 0 Å². The van der Waals surface area contributed by atoms with Gasteiger partial charge in [-0.15, -0.1) is 0 Å². The average Bonchev–Trinajstić information content (AvgIpc) is 2.59. The molecular weight excluding hydrogens is 338 g/mol. The monoisotopic (exact) mass is 361 g/mol. The molecule has 0 fully saturated rings. The second-order valence-electron chi connectivity index (χ2n) is 5.79. The average molecular weight is 361 g/mol. The van der Waals surface area contributed by atoms with Crippen molar-refractivity contribution < 1.29 is 13.2 Å². The van der Waals surface area contributed by atoms with Gasteiger partial charge in [0.15, 0.2) is 9.84 Å². The molecule has 0 unspecified atom stereocenters. The highest BCUT2D eigenvalue weighted by molar-refractivity contribution is 7.90. The molecule has 25 heavy (non-hydrogen) atoms. The molecule has 6 nitrogen and oxygen atoms in total. The summed E-state index contributed by atoms with van der Waals surface area (Å²) in [7, 11) is -1.29. The maximum absolute atomic E-state index is 11.9. The second kappa shape index (κ2) is 8.53. The van der Waals surface area contributed by atoms with E-state index in [9.17, 15) is 13.2 Å². The van der Waals surface area contributed by atoms with Crippen LogP contribution >= 0.6 is 0 Å². The first-order valence-electron chi connectivity index (χ1n) is 7.97. The Balaban J connectivity index is 1.76. The third-order valence-electron chi connectivity index (χ3n) is 3.67. The molecule has 0 aliphatic carbocycles. The smallest absolute Gasteiger partial charge is 0.319 e. The van der Waals surface area contributed by atoms with Crippen molar-refractivity contribution in [3.63, 3.8) is 0 Å². The van der Waals surface area contributed by atoms with Crippen LogP contribution in [0, 0.1) is 0 Å². The van der Waals surface area contributed by atoms with Gasteiger partial charge in [0, 0.05) is 37.8 Å². The molecule has 2 aromatic rings. The van der Waals surface area contributed by atoms with Gasteiger partial charge in [0.25, 0.3) is 0 Å². The lowest BCUT2D eigenvalue weighted by atomic mass is 10.3. The van der Waals surface area contributed by atoms with Crippen molar-refractivity contribution in [2.24, 2.45) is 0 Å².